The Bertz CT molecular complexity index is 1120. The van der Waals surface area contributed by atoms with E-state index in [1.165, 1.54) is 18.1 Å². The minimum Gasteiger partial charge on any atom is -0.352 e. The van der Waals surface area contributed by atoms with Crippen LogP contribution in [0.1, 0.15) is 54.6 Å². The first-order valence-electron chi connectivity index (χ1n) is 12.6. The predicted molar refractivity (Wildman–Crippen MR) is 150 cm³/mol. The van der Waals surface area contributed by atoms with Crippen molar-refractivity contribution in [2.24, 2.45) is 0 Å². The second-order valence-electron chi connectivity index (χ2n) is 9.03. The van der Waals surface area contributed by atoms with E-state index in [0.717, 1.165) is 48.7 Å². The van der Waals surface area contributed by atoms with Gasteiger partial charge in [-0.2, -0.15) is 0 Å². The van der Waals surface area contributed by atoms with E-state index in [1.807, 2.05) is 18.2 Å². The molecule has 2 N–H and O–H groups in total. The molecule has 36 heavy (non-hydrogen) atoms. The number of hydrogen-bond donors (Lipinski definition) is 2. The van der Waals surface area contributed by atoms with E-state index >= 15 is 0 Å². The summed E-state index contributed by atoms with van der Waals surface area (Å²) >= 11 is 1.57. The standard InChI is InChI=1S/C30H37N3O2S/c1-4-5-19-33(22-25-10-7-6-8-11-25)20-9-18-31-30(35)26-14-17-29(28(21-26)32-24(3)34)36-27-15-12-23(2)13-16-27/h6-8,10-17,21H,4-5,9,18-20,22H2,1-3H3,(H,31,35)(H,32,34). The summed E-state index contributed by atoms with van der Waals surface area (Å²) in [6, 6.07) is 24.2. The van der Waals surface area contributed by atoms with E-state index in [4.69, 9.17) is 0 Å². The molecule has 3 aromatic rings. The highest BCUT2D eigenvalue weighted by molar-refractivity contribution is 7.99. The Labute approximate surface area is 219 Å². The number of nitrogens with one attached hydrogen (secondary N) is 2. The fourth-order valence-corrected chi connectivity index (χ4v) is 4.76. The van der Waals surface area contributed by atoms with Crippen LogP contribution in [0.5, 0.6) is 0 Å². The molecular weight excluding hydrogens is 466 g/mol. The van der Waals surface area contributed by atoms with E-state index in [2.05, 4.69) is 77.9 Å². The molecule has 0 aliphatic heterocycles. The molecule has 0 fully saturated rings. The van der Waals surface area contributed by atoms with Gasteiger partial charge in [0.2, 0.25) is 5.91 Å². The van der Waals surface area contributed by atoms with Gasteiger partial charge in [-0.15, -0.1) is 0 Å². The lowest BCUT2D eigenvalue weighted by molar-refractivity contribution is -0.114. The first-order chi connectivity index (χ1) is 17.4. The van der Waals surface area contributed by atoms with Gasteiger partial charge in [0, 0.05) is 41.9 Å². The van der Waals surface area contributed by atoms with Crippen LogP contribution in [0.4, 0.5) is 5.69 Å². The highest BCUT2D eigenvalue weighted by atomic mass is 32.2. The van der Waals surface area contributed by atoms with Crippen molar-refractivity contribution in [1.82, 2.24) is 10.2 Å². The van der Waals surface area contributed by atoms with Crippen molar-refractivity contribution in [3.05, 3.63) is 89.5 Å². The molecule has 0 radical (unpaired) electrons. The lowest BCUT2D eigenvalue weighted by Crippen LogP contribution is -2.30. The van der Waals surface area contributed by atoms with Crippen LogP contribution in [0.3, 0.4) is 0 Å². The minimum atomic E-state index is -0.163. The quantitative estimate of drug-likeness (QED) is 0.261. The van der Waals surface area contributed by atoms with Crippen LogP contribution in [0.2, 0.25) is 0 Å². The molecule has 0 bridgehead atoms. The average Bonchev–Trinajstić information content (AvgIpc) is 2.87. The Morgan fingerprint density at radius 1 is 0.917 bits per heavy atom. The second-order valence-corrected chi connectivity index (χ2v) is 10.1. The molecule has 0 atom stereocenters. The van der Waals surface area contributed by atoms with Crippen molar-refractivity contribution in [3.63, 3.8) is 0 Å². The molecule has 0 unspecified atom stereocenters. The number of benzene rings is 3. The Hall–Kier alpha value is -3.09. The maximum atomic E-state index is 12.9. The zero-order valence-electron chi connectivity index (χ0n) is 21.5. The molecule has 0 aliphatic rings. The molecule has 0 spiro atoms. The first kappa shape index (κ1) is 27.5. The Kier molecular flexibility index (Phi) is 11.0. The topological polar surface area (TPSA) is 61.4 Å². The van der Waals surface area contributed by atoms with Crippen LogP contribution in [-0.4, -0.2) is 36.3 Å². The molecule has 0 saturated carbocycles. The molecule has 3 rings (SSSR count). The third-order valence-corrected chi connectivity index (χ3v) is 6.90. The van der Waals surface area contributed by atoms with Crippen molar-refractivity contribution >= 4 is 29.3 Å². The van der Waals surface area contributed by atoms with Gasteiger partial charge in [-0.05, 0) is 62.2 Å². The number of carbonyl (C=O) groups is 2. The largest absolute Gasteiger partial charge is 0.352 e. The van der Waals surface area contributed by atoms with E-state index in [-0.39, 0.29) is 11.8 Å². The van der Waals surface area contributed by atoms with Crippen LogP contribution < -0.4 is 10.6 Å². The lowest BCUT2D eigenvalue weighted by Gasteiger charge is -2.22. The minimum absolute atomic E-state index is 0.128. The number of carbonyl (C=O) groups excluding carboxylic acids is 2. The van der Waals surface area contributed by atoms with E-state index in [0.29, 0.717) is 17.8 Å². The first-order valence-corrected chi connectivity index (χ1v) is 13.5. The van der Waals surface area contributed by atoms with Crippen LogP contribution >= 0.6 is 11.8 Å². The van der Waals surface area contributed by atoms with Crippen LogP contribution in [0, 0.1) is 6.92 Å². The van der Waals surface area contributed by atoms with Crippen molar-refractivity contribution in [2.45, 2.75) is 56.4 Å². The van der Waals surface area contributed by atoms with Crippen LogP contribution in [-0.2, 0) is 11.3 Å². The van der Waals surface area contributed by atoms with Gasteiger partial charge in [-0.3, -0.25) is 14.5 Å². The monoisotopic (exact) mass is 503 g/mol. The summed E-state index contributed by atoms with van der Waals surface area (Å²) < 4.78 is 0. The second kappa shape index (κ2) is 14.5. The van der Waals surface area contributed by atoms with Crippen LogP contribution in [0.25, 0.3) is 0 Å². The summed E-state index contributed by atoms with van der Waals surface area (Å²) in [5.74, 6) is -0.291. The van der Waals surface area contributed by atoms with Gasteiger partial charge in [0.25, 0.3) is 5.91 Å². The molecule has 5 nitrogen and oxygen atoms in total. The number of aryl methyl sites for hydroxylation is 1. The molecule has 0 heterocycles. The molecule has 2 amide bonds. The van der Waals surface area contributed by atoms with E-state index in [9.17, 15) is 9.59 Å². The molecule has 3 aromatic carbocycles. The summed E-state index contributed by atoms with van der Waals surface area (Å²) in [5, 5.41) is 5.92. The maximum absolute atomic E-state index is 12.9. The molecule has 0 aliphatic carbocycles. The lowest BCUT2D eigenvalue weighted by atomic mass is 10.1. The maximum Gasteiger partial charge on any atom is 0.251 e. The van der Waals surface area contributed by atoms with Crippen molar-refractivity contribution in [1.29, 1.82) is 0 Å². The molecule has 190 valence electrons. The summed E-state index contributed by atoms with van der Waals surface area (Å²) in [4.78, 5) is 29.1. The zero-order chi connectivity index (χ0) is 25.8. The van der Waals surface area contributed by atoms with Crippen molar-refractivity contribution in [2.75, 3.05) is 25.0 Å². The fourth-order valence-electron chi connectivity index (χ4n) is 3.88. The molecule has 0 aromatic heterocycles. The fraction of sp³-hybridized carbons (Fsp3) is 0.333. The number of hydrogen-bond acceptors (Lipinski definition) is 4. The van der Waals surface area contributed by atoms with Crippen molar-refractivity contribution in [3.8, 4) is 0 Å². The normalized spacial score (nSPS) is 10.9. The number of amides is 2. The van der Waals surface area contributed by atoms with Gasteiger partial charge in [-0.25, -0.2) is 0 Å². The Morgan fingerprint density at radius 2 is 1.64 bits per heavy atom. The highest BCUT2D eigenvalue weighted by Crippen LogP contribution is 2.34. The van der Waals surface area contributed by atoms with E-state index in [1.54, 1.807) is 17.8 Å². The predicted octanol–water partition coefficient (Wildman–Crippen LogP) is 6.53. The van der Waals surface area contributed by atoms with Crippen molar-refractivity contribution < 1.29 is 9.59 Å². The average molecular weight is 504 g/mol. The SMILES string of the molecule is CCCCN(CCCNC(=O)c1ccc(Sc2ccc(C)cc2)c(NC(C)=O)c1)Cc1ccccc1. The molecule has 6 heteroatoms. The van der Waals surface area contributed by atoms with Gasteiger partial charge >= 0.3 is 0 Å². The highest BCUT2D eigenvalue weighted by Gasteiger charge is 2.12. The summed E-state index contributed by atoms with van der Waals surface area (Å²) in [5.41, 5.74) is 3.70. The van der Waals surface area contributed by atoms with Crippen LogP contribution in [0.15, 0.2) is 82.6 Å². The number of rotatable bonds is 13. The van der Waals surface area contributed by atoms with Gasteiger partial charge in [0.1, 0.15) is 0 Å². The zero-order valence-corrected chi connectivity index (χ0v) is 22.4. The summed E-state index contributed by atoms with van der Waals surface area (Å²) in [6.07, 6.45) is 3.21. The van der Waals surface area contributed by atoms with Gasteiger partial charge in [0.05, 0.1) is 5.69 Å². The number of anilines is 1. The van der Waals surface area contributed by atoms with Gasteiger partial charge in [-0.1, -0.05) is 73.1 Å². The molecule has 0 saturated heterocycles. The number of unbranched alkanes of at least 4 members (excludes halogenated alkanes) is 1. The third kappa shape index (κ3) is 9.17. The van der Waals surface area contributed by atoms with Gasteiger partial charge < -0.3 is 10.6 Å². The smallest absolute Gasteiger partial charge is 0.251 e. The number of nitrogens with zero attached hydrogens (tertiary/aromatic N) is 1. The Balaban J connectivity index is 1.57. The third-order valence-electron chi connectivity index (χ3n) is 5.81. The summed E-state index contributed by atoms with van der Waals surface area (Å²) in [7, 11) is 0. The van der Waals surface area contributed by atoms with Gasteiger partial charge in [0.15, 0.2) is 0 Å². The summed E-state index contributed by atoms with van der Waals surface area (Å²) in [6.45, 7) is 9.25. The molecular formula is C30H37N3O2S. The Morgan fingerprint density at radius 3 is 2.33 bits per heavy atom. The van der Waals surface area contributed by atoms with E-state index < -0.39 is 0 Å².